The van der Waals surface area contributed by atoms with Crippen LogP contribution in [0.5, 0.6) is 0 Å². The highest BCUT2D eigenvalue weighted by Crippen LogP contribution is 2.38. The van der Waals surface area contributed by atoms with Gasteiger partial charge in [0, 0.05) is 18.3 Å². The zero-order valence-corrected chi connectivity index (χ0v) is 21.8. The van der Waals surface area contributed by atoms with Crippen molar-refractivity contribution in [3.63, 3.8) is 0 Å². The van der Waals surface area contributed by atoms with Gasteiger partial charge in [0.05, 0.1) is 29.7 Å². The number of hydrogen-bond acceptors (Lipinski definition) is 2. The van der Waals surface area contributed by atoms with Crippen LogP contribution in [-0.2, 0) is 19.4 Å². The molecule has 6 rings (SSSR count). The molecule has 0 aliphatic carbocycles. The smallest absolute Gasteiger partial charge is 0.318 e. The van der Waals surface area contributed by atoms with Crippen LogP contribution in [0.25, 0.3) is 11.5 Å². The molecule has 2 aromatic heterocycles. The van der Waals surface area contributed by atoms with E-state index in [1.165, 1.54) is 12.1 Å². The van der Waals surface area contributed by atoms with Crippen LogP contribution in [0.15, 0.2) is 103 Å². The zero-order chi connectivity index (χ0) is 26.8. The molecule has 3 aromatic carbocycles. The molecule has 39 heavy (non-hydrogen) atoms. The Balaban J connectivity index is 1.46. The summed E-state index contributed by atoms with van der Waals surface area (Å²) in [6, 6.07) is 29.9. The van der Waals surface area contributed by atoms with Gasteiger partial charge in [-0.25, -0.2) is 13.9 Å². The Labute approximate surface area is 227 Å². The Morgan fingerprint density at radius 1 is 0.974 bits per heavy atom. The van der Waals surface area contributed by atoms with Crippen LogP contribution in [0.3, 0.4) is 0 Å². The predicted octanol–water partition coefficient (Wildman–Crippen LogP) is 6.22. The Kier molecular flexibility index (Phi) is 6.71. The first-order chi connectivity index (χ1) is 19.1. The lowest BCUT2D eigenvalue weighted by Gasteiger charge is -2.31. The van der Waals surface area contributed by atoms with Crippen molar-refractivity contribution in [1.29, 1.82) is 0 Å². The molecule has 3 heterocycles. The topological polar surface area (TPSA) is 55.1 Å². The Bertz CT molecular complexity index is 1590. The minimum Gasteiger partial charge on any atom is -0.338 e. The Hall–Kier alpha value is -4.65. The molecule has 7 heteroatoms. The third-order valence-electron chi connectivity index (χ3n) is 7.26. The van der Waals surface area contributed by atoms with Crippen LogP contribution in [0, 0.1) is 5.82 Å². The van der Waals surface area contributed by atoms with Crippen LogP contribution in [0.2, 0.25) is 0 Å². The average Bonchev–Trinajstić information content (AvgIpc) is 3.55. The van der Waals surface area contributed by atoms with Gasteiger partial charge >= 0.3 is 6.03 Å². The molecule has 2 amide bonds. The number of benzene rings is 3. The lowest BCUT2D eigenvalue weighted by atomic mass is 10.0. The molecule has 1 N–H and O–H groups in total. The van der Waals surface area contributed by atoms with Gasteiger partial charge in [-0.3, -0.25) is 0 Å². The summed E-state index contributed by atoms with van der Waals surface area (Å²) >= 11 is 0. The molecule has 0 saturated carbocycles. The second-order valence-electron chi connectivity index (χ2n) is 9.71. The van der Waals surface area contributed by atoms with E-state index in [9.17, 15) is 9.18 Å². The zero-order valence-electron chi connectivity index (χ0n) is 21.8. The predicted molar refractivity (Wildman–Crippen MR) is 150 cm³/mol. The SMILES string of the molecule is CCc1nn(-c2ccccc2)c2c1CN(C(=O)NCCc1ccccc1)[C@H](c1cccc(F)c1)c1cccn1-2. The Morgan fingerprint density at radius 2 is 1.74 bits per heavy atom. The van der Waals surface area contributed by atoms with E-state index in [1.807, 2.05) is 82.5 Å². The number of halogens is 1. The van der Waals surface area contributed by atoms with Crippen LogP contribution >= 0.6 is 0 Å². The standard InChI is InChI=1S/C32H30FN5O/c1-2-28-27-22-37(32(39)34-19-18-23-11-5-3-6-12-23)30(24-13-9-14-25(33)21-24)29-17-10-20-36(29)31(27)38(35-28)26-15-7-4-8-16-26/h3-17,20-21,30H,2,18-19,22H2,1H3,(H,34,39)/t30-/m1/s1. The lowest BCUT2D eigenvalue weighted by Crippen LogP contribution is -2.42. The summed E-state index contributed by atoms with van der Waals surface area (Å²) in [7, 11) is 0. The Morgan fingerprint density at radius 3 is 2.49 bits per heavy atom. The van der Waals surface area contributed by atoms with E-state index in [2.05, 4.69) is 28.9 Å². The summed E-state index contributed by atoms with van der Waals surface area (Å²) in [5.74, 6) is 0.570. The van der Waals surface area contributed by atoms with E-state index in [1.54, 1.807) is 6.07 Å². The molecule has 0 spiro atoms. The summed E-state index contributed by atoms with van der Waals surface area (Å²) in [5, 5.41) is 8.12. The average molecular weight is 520 g/mol. The number of aryl methyl sites for hydroxylation is 1. The first-order valence-corrected chi connectivity index (χ1v) is 13.3. The minimum absolute atomic E-state index is 0.199. The third kappa shape index (κ3) is 4.72. The van der Waals surface area contributed by atoms with E-state index >= 15 is 0 Å². The highest BCUT2D eigenvalue weighted by atomic mass is 19.1. The molecule has 6 nitrogen and oxygen atoms in total. The second-order valence-corrected chi connectivity index (χ2v) is 9.71. The number of fused-ring (bicyclic) bond motifs is 3. The molecular weight excluding hydrogens is 489 g/mol. The van der Waals surface area contributed by atoms with Crippen LogP contribution < -0.4 is 5.32 Å². The molecule has 1 aliphatic heterocycles. The van der Waals surface area contributed by atoms with Gasteiger partial charge in [-0.15, -0.1) is 0 Å². The fourth-order valence-electron chi connectivity index (χ4n) is 5.44. The van der Waals surface area contributed by atoms with Gasteiger partial charge in [-0.2, -0.15) is 5.10 Å². The van der Waals surface area contributed by atoms with Crippen LogP contribution in [-0.4, -0.2) is 31.8 Å². The second kappa shape index (κ2) is 10.6. The van der Waals surface area contributed by atoms with Crippen molar-refractivity contribution in [1.82, 2.24) is 24.6 Å². The molecule has 0 saturated heterocycles. The van der Waals surface area contributed by atoms with Crippen LogP contribution in [0.1, 0.15) is 41.0 Å². The number of amides is 2. The number of urea groups is 1. The molecule has 1 aliphatic rings. The first kappa shape index (κ1) is 24.7. The quantitative estimate of drug-likeness (QED) is 0.290. The first-order valence-electron chi connectivity index (χ1n) is 13.3. The summed E-state index contributed by atoms with van der Waals surface area (Å²) in [4.78, 5) is 15.7. The fourth-order valence-corrected chi connectivity index (χ4v) is 5.44. The van der Waals surface area contributed by atoms with Gasteiger partial charge in [-0.05, 0) is 60.4 Å². The summed E-state index contributed by atoms with van der Waals surface area (Å²) < 4.78 is 18.6. The van der Waals surface area contributed by atoms with Crippen molar-refractivity contribution in [3.05, 3.63) is 137 Å². The number of aromatic nitrogens is 3. The van der Waals surface area contributed by atoms with E-state index in [4.69, 9.17) is 5.10 Å². The summed E-state index contributed by atoms with van der Waals surface area (Å²) in [6.07, 6.45) is 3.43. The molecule has 0 unspecified atom stereocenters. The molecule has 5 aromatic rings. The molecule has 196 valence electrons. The van der Waals surface area contributed by atoms with Crippen molar-refractivity contribution in [2.45, 2.75) is 32.4 Å². The maximum absolute atomic E-state index is 14.5. The van der Waals surface area contributed by atoms with Crippen molar-refractivity contribution in [2.24, 2.45) is 0 Å². The maximum atomic E-state index is 14.5. The highest BCUT2D eigenvalue weighted by Gasteiger charge is 2.36. The number of nitrogens with zero attached hydrogens (tertiary/aromatic N) is 4. The van der Waals surface area contributed by atoms with Gasteiger partial charge in [0.15, 0.2) is 0 Å². The minimum atomic E-state index is -0.492. The fraction of sp³-hybridized carbons (Fsp3) is 0.188. The van der Waals surface area contributed by atoms with Gasteiger partial charge in [0.25, 0.3) is 0 Å². The monoisotopic (exact) mass is 519 g/mol. The number of para-hydroxylation sites is 1. The number of hydrogen-bond donors (Lipinski definition) is 1. The van der Waals surface area contributed by atoms with Crippen molar-refractivity contribution >= 4 is 6.03 Å². The van der Waals surface area contributed by atoms with Crippen molar-refractivity contribution < 1.29 is 9.18 Å². The summed E-state index contributed by atoms with van der Waals surface area (Å²) in [5.41, 5.74) is 5.60. The van der Waals surface area contributed by atoms with E-state index < -0.39 is 6.04 Å². The van der Waals surface area contributed by atoms with Crippen molar-refractivity contribution in [2.75, 3.05) is 6.54 Å². The number of nitrogens with one attached hydrogen (secondary N) is 1. The van der Waals surface area contributed by atoms with E-state index in [0.29, 0.717) is 19.5 Å². The maximum Gasteiger partial charge on any atom is 0.318 e. The lowest BCUT2D eigenvalue weighted by molar-refractivity contribution is 0.180. The molecule has 0 radical (unpaired) electrons. The number of carbonyl (C=O) groups is 1. The number of rotatable bonds is 6. The van der Waals surface area contributed by atoms with Crippen molar-refractivity contribution in [3.8, 4) is 11.5 Å². The third-order valence-corrected chi connectivity index (χ3v) is 7.26. The molecule has 1 atom stereocenters. The molecule has 0 fully saturated rings. The largest absolute Gasteiger partial charge is 0.338 e. The van der Waals surface area contributed by atoms with Gasteiger partial charge in [0.2, 0.25) is 0 Å². The van der Waals surface area contributed by atoms with E-state index in [0.717, 1.165) is 46.0 Å². The highest BCUT2D eigenvalue weighted by molar-refractivity contribution is 5.76. The molecule has 0 bridgehead atoms. The number of carbonyl (C=O) groups excluding carboxylic acids is 1. The van der Waals surface area contributed by atoms with E-state index in [-0.39, 0.29) is 11.8 Å². The van der Waals surface area contributed by atoms with Gasteiger partial charge < -0.3 is 14.8 Å². The normalized spacial score (nSPS) is 14.4. The van der Waals surface area contributed by atoms with Crippen LogP contribution in [0.4, 0.5) is 9.18 Å². The molecular formula is C32H30FN5O. The van der Waals surface area contributed by atoms with Gasteiger partial charge in [-0.1, -0.05) is 67.6 Å². The summed E-state index contributed by atoms with van der Waals surface area (Å²) in [6.45, 7) is 2.91. The van der Waals surface area contributed by atoms with Gasteiger partial charge in [0.1, 0.15) is 11.6 Å².